The first kappa shape index (κ1) is 21.8. The molecular weight excluding hydrogens is 422 g/mol. The number of carbonyl (C=O) groups excluding carboxylic acids is 1. The fraction of sp³-hybridized carbons (Fsp3) is 0.160. The Morgan fingerprint density at radius 1 is 0.938 bits per heavy atom. The van der Waals surface area contributed by atoms with Crippen LogP contribution in [0.3, 0.4) is 0 Å². The number of nitrogens with one attached hydrogen (secondary N) is 2. The van der Waals surface area contributed by atoms with Gasteiger partial charge in [0.1, 0.15) is 0 Å². The van der Waals surface area contributed by atoms with Gasteiger partial charge >= 0.3 is 0 Å². The number of hydrogen-bond acceptors (Lipinski definition) is 3. The zero-order chi connectivity index (χ0) is 22.7. The topological polar surface area (TPSA) is 82.3 Å². The minimum atomic E-state index is -3.53. The number of nitrogens with zero attached hydrogens (tertiary/aromatic N) is 1. The van der Waals surface area contributed by atoms with Crippen LogP contribution in [-0.2, 0) is 10.0 Å². The van der Waals surface area contributed by atoms with Crippen LogP contribution >= 0.6 is 0 Å². The summed E-state index contributed by atoms with van der Waals surface area (Å²) in [5.74, 6) is -0.288. The van der Waals surface area contributed by atoms with E-state index in [1.54, 1.807) is 0 Å². The minimum absolute atomic E-state index is 0.0373. The van der Waals surface area contributed by atoms with E-state index in [-0.39, 0.29) is 16.7 Å². The first-order chi connectivity index (χ1) is 15.4. The SMILES string of the molecule is CN(C)S(=O)(=O)c1ccc(C(=O)NCC(c2ccccc2)c2c[nH]c3ccccc23)cc1. The first-order valence-corrected chi connectivity index (χ1v) is 11.7. The average molecular weight is 448 g/mol. The van der Waals surface area contributed by atoms with Crippen LogP contribution in [0.4, 0.5) is 0 Å². The number of aromatic nitrogens is 1. The third-order valence-electron chi connectivity index (χ3n) is 5.56. The third-order valence-corrected chi connectivity index (χ3v) is 7.39. The molecule has 1 atom stereocenters. The minimum Gasteiger partial charge on any atom is -0.361 e. The molecule has 1 amide bonds. The van der Waals surface area contributed by atoms with E-state index >= 15 is 0 Å². The number of hydrogen-bond donors (Lipinski definition) is 2. The molecule has 0 spiro atoms. The van der Waals surface area contributed by atoms with Gasteiger partial charge < -0.3 is 10.3 Å². The molecule has 0 bridgehead atoms. The van der Waals surface area contributed by atoms with E-state index in [1.807, 2.05) is 42.6 Å². The van der Waals surface area contributed by atoms with Crippen molar-refractivity contribution in [2.24, 2.45) is 0 Å². The maximum Gasteiger partial charge on any atom is 0.251 e. The fourth-order valence-electron chi connectivity index (χ4n) is 3.76. The summed E-state index contributed by atoms with van der Waals surface area (Å²) in [6, 6.07) is 24.1. The molecule has 0 fully saturated rings. The number of benzene rings is 3. The van der Waals surface area contributed by atoms with Crippen molar-refractivity contribution in [2.45, 2.75) is 10.8 Å². The molecule has 4 rings (SSSR count). The summed E-state index contributed by atoms with van der Waals surface area (Å²) in [5, 5.41) is 4.14. The molecule has 1 aromatic heterocycles. The van der Waals surface area contributed by atoms with Gasteiger partial charge in [0.15, 0.2) is 0 Å². The maximum absolute atomic E-state index is 12.8. The van der Waals surface area contributed by atoms with Crippen molar-refractivity contribution in [3.63, 3.8) is 0 Å². The number of fused-ring (bicyclic) bond motifs is 1. The quantitative estimate of drug-likeness (QED) is 0.450. The van der Waals surface area contributed by atoms with Crippen molar-refractivity contribution in [3.8, 4) is 0 Å². The number of H-pyrrole nitrogens is 1. The summed E-state index contributed by atoms with van der Waals surface area (Å²) in [4.78, 5) is 16.3. The summed E-state index contributed by atoms with van der Waals surface area (Å²) < 4.78 is 25.6. The van der Waals surface area contributed by atoms with Gasteiger partial charge in [-0.2, -0.15) is 0 Å². The molecule has 0 aliphatic heterocycles. The Morgan fingerprint density at radius 3 is 2.28 bits per heavy atom. The standard InChI is InChI=1S/C25H25N3O3S/c1-28(2)32(30,31)20-14-12-19(13-15-20)25(29)27-16-22(18-8-4-3-5-9-18)23-17-26-24-11-7-6-10-21(23)24/h3-15,17,22,26H,16H2,1-2H3,(H,27,29). The number of amides is 1. The van der Waals surface area contributed by atoms with Crippen molar-refractivity contribution in [1.82, 2.24) is 14.6 Å². The second kappa shape index (κ2) is 8.98. The van der Waals surface area contributed by atoms with Gasteiger partial charge in [0, 0.05) is 49.2 Å². The van der Waals surface area contributed by atoms with E-state index in [0.29, 0.717) is 12.1 Å². The summed E-state index contributed by atoms with van der Waals surface area (Å²) in [7, 11) is -0.580. The summed E-state index contributed by atoms with van der Waals surface area (Å²) in [5.41, 5.74) is 3.67. The lowest BCUT2D eigenvalue weighted by atomic mass is 9.91. The molecule has 0 radical (unpaired) electrons. The van der Waals surface area contributed by atoms with Gasteiger partial charge in [-0.3, -0.25) is 4.79 Å². The lowest BCUT2D eigenvalue weighted by Gasteiger charge is -2.18. The normalized spacial score (nSPS) is 12.7. The Morgan fingerprint density at radius 2 is 1.59 bits per heavy atom. The predicted molar refractivity (Wildman–Crippen MR) is 126 cm³/mol. The molecule has 7 heteroatoms. The Labute approximate surface area is 187 Å². The third kappa shape index (κ3) is 4.30. The van der Waals surface area contributed by atoms with Crippen molar-refractivity contribution in [3.05, 3.63) is 102 Å². The van der Waals surface area contributed by atoms with Gasteiger partial charge in [-0.05, 0) is 41.5 Å². The molecule has 4 aromatic rings. The maximum atomic E-state index is 12.8. The highest BCUT2D eigenvalue weighted by atomic mass is 32.2. The van der Waals surface area contributed by atoms with Crippen LogP contribution in [0, 0.1) is 0 Å². The lowest BCUT2D eigenvalue weighted by Crippen LogP contribution is -2.29. The summed E-state index contributed by atoms with van der Waals surface area (Å²) in [6.07, 6.45) is 2.00. The highest BCUT2D eigenvalue weighted by Gasteiger charge is 2.20. The van der Waals surface area contributed by atoms with Crippen LogP contribution in [0.1, 0.15) is 27.4 Å². The molecule has 0 aliphatic rings. The Kier molecular flexibility index (Phi) is 6.12. The summed E-state index contributed by atoms with van der Waals surface area (Å²) in [6.45, 7) is 0.405. The number of para-hydroxylation sites is 1. The molecule has 1 unspecified atom stereocenters. The van der Waals surface area contributed by atoms with Crippen molar-refractivity contribution >= 4 is 26.8 Å². The van der Waals surface area contributed by atoms with Gasteiger partial charge in [-0.1, -0.05) is 48.5 Å². The van der Waals surface area contributed by atoms with E-state index in [1.165, 1.54) is 38.4 Å². The lowest BCUT2D eigenvalue weighted by molar-refractivity contribution is 0.0952. The largest absolute Gasteiger partial charge is 0.361 e. The molecule has 0 saturated carbocycles. The number of aromatic amines is 1. The molecule has 2 N–H and O–H groups in total. The number of rotatable bonds is 7. The van der Waals surface area contributed by atoms with E-state index in [9.17, 15) is 13.2 Å². The number of sulfonamides is 1. The first-order valence-electron chi connectivity index (χ1n) is 10.3. The van der Waals surface area contributed by atoms with Gasteiger partial charge in [-0.15, -0.1) is 0 Å². The highest BCUT2D eigenvalue weighted by Crippen LogP contribution is 2.30. The molecular formula is C25H25N3O3S. The monoisotopic (exact) mass is 447 g/mol. The van der Waals surface area contributed by atoms with Crippen LogP contribution < -0.4 is 5.32 Å². The average Bonchev–Trinajstić information content (AvgIpc) is 3.24. The van der Waals surface area contributed by atoms with Crippen LogP contribution in [0.15, 0.2) is 90.0 Å². The van der Waals surface area contributed by atoms with E-state index in [2.05, 4.69) is 28.5 Å². The predicted octanol–water partition coefficient (Wildman–Crippen LogP) is 3.98. The van der Waals surface area contributed by atoms with E-state index in [4.69, 9.17) is 0 Å². The number of carbonyl (C=O) groups is 1. The molecule has 3 aromatic carbocycles. The Bertz CT molecular complexity index is 1330. The van der Waals surface area contributed by atoms with Gasteiger partial charge in [0.25, 0.3) is 5.91 Å². The van der Waals surface area contributed by atoms with Crippen molar-refractivity contribution in [2.75, 3.05) is 20.6 Å². The van der Waals surface area contributed by atoms with Gasteiger partial charge in [-0.25, -0.2) is 12.7 Å². The van der Waals surface area contributed by atoms with E-state index < -0.39 is 10.0 Å². The van der Waals surface area contributed by atoms with Gasteiger partial charge in [0.2, 0.25) is 10.0 Å². The molecule has 1 heterocycles. The fourth-order valence-corrected chi connectivity index (χ4v) is 4.66. The zero-order valence-corrected chi connectivity index (χ0v) is 18.8. The van der Waals surface area contributed by atoms with Crippen molar-refractivity contribution < 1.29 is 13.2 Å². The van der Waals surface area contributed by atoms with Gasteiger partial charge in [0.05, 0.1) is 4.90 Å². The van der Waals surface area contributed by atoms with Crippen LogP contribution in [0.5, 0.6) is 0 Å². The molecule has 32 heavy (non-hydrogen) atoms. The second-order valence-corrected chi connectivity index (χ2v) is 9.93. The van der Waals surface area contributed by atoms with Crippen LogP contribution in [0.25, 0.3) is 10.9 Å². The summed E-state index contributed by atoms with van der Waals surface area (Å²) >= 11 is 0. The van der Waals surface area contributed by atoms with Crippen LogP contribution in [-0.4, -0.2) is 44.3 Å². The van der Waals surface area contributed by atoms with Crippen LogP contribution in [0.2, 0.25) is 0 Å². The second-order valence-electron chi connectivity index (χ2n) is 7.77. The Balaban J connectivity index is 1.57. The molecule has 6 nitrogen and oxygen atoms in total. The Hall–Kier alpha value is -3.42. The molecule has 0 saturated heterocycles. The smallest absolute Gasteiger partial charge is 0.251 e. The zero-order valence-electron chi connectivity index (χ0n) is 17.9. The van der Waals surface area contributed by atoms with Crippen molar-refractivity contribution in [1.29, 1.82) is 0 Å². The highest BCUT2D eigenvalue weighted by molar-refractivity contribution is 7.89. The molecule has 164 valence electrons. The molecule has 0 aliphatic carbocycles. The van der Waals surface area contributed by atoms with E-state index in [0.717, 1.165) is 26.3 Å².